The first-order valence-electron chi connectivity index (χ1n) is 3.49. The second-order valence-corrected chi connectivity index (χ2v) is 2.36. The fourth-order valence-corrected chi connectivity index (χ4v) is 0.729. The van der Waals surface area contributed by atoms with Crippen LogP contribution in [0.4, 0.5) is 5.82 Å². The van der Waals surface area contributed by atoms with Crippen LogP contribution in [0.5, 0.6) is 0 Å². The SMILES string of the molecule is Cc1cc(NCC(N)=O)ncn1. The number of nitrogens with zero attached hydrogens (tertiary/aromatic N) is 2. The van der Waals surface area contributed by atoms with Gasteiger partial charge in [-0.1, -0.05) is 0 Å². The summed E-state index contributed by atoms with van der Waals surface area (Å²) >= 11 is 0. The number of hydrogen-bond acceptors (Lipinski definition) is 4. The highest BCUT2D eigenvalue weighted by atomic mass is 16.1. The molecule has 0 atom stereocenters. The molecule has 1 heterocycles. The molecule has 5 nitrogen and oxygen atoms in total. The van der Waals surface area contributed by atoms with E-state index in [9.17, 15) is 4.79 Å². The van der Waals surface area contributed by atoms with E-state index in [-0.39, 0.29) is 6.54 Å². The summed E-state index contributed by atoms with van der Waals surface area (Å²) in [6.07, 6.45) is 1.43. The highest BCUT2D eigenvalue weighted by molar-refractivity contribution is 5.78. The predicted octanol–water partition coefficient (Wildman–Crippen LogP) is -0.318. The number of hydrogen-bond donors (Lipinski definition) is 2. The smallest absolute Gasteiger partial charge is 0.236 e. The molecule has 64 valence electrons. The number of aromatic nitrogens is 2. The monoisotopic (exact) mass is 166 g/mol. The van der Waals surface area contributed by atoms with E-state index in [1.807, 2.05) is 6.92 Å². The zero-order valence-corrected chi connectivity index (χ0v) is 6.74. The lowest BCUT2D eigenvalue weighted by molar-refractivity contribution is -0.116. The summed E-state index contributed by atoms with van der Waals surface area (Å²) < 4.78 is 0. The van der Waals surface area contributed by atoms with Crippen molar-refractivity contribution in [2.24, 2.45) is 5.73 Å². The molecule has 1 aromatic heterocycles. The van der Waals surface area contributed by atoms with Crippen molar-refractivity contribution in [1.82, 2.24) is 9.97 Å². The Labute approximate surface area is 70.0 Å². The maximum absolute atomic E-state index is 10.4. The fraction of sp³-hybridized carbons (Fsp3) is 0.286. The van der Waals surface area contributed by atoms with Gasteiger partial charge in [0.05, 0.1) is 6.54 Å². The number of aryl methyl sites for hydroxylation is 1. The van der Waals surface area contributed by atoms with Gasteiger partial charge in [-0.15, -0.1) is 0 Å². The summed E-state index contributed by atoms with van der Waals surface area (Å²) in [6, 6.07) is 1.74. The van der Waals surface area contributed by atoms with Gasteiger partial charge in [-0.3, -0.25) is 4.79 Å². The van der Waals surface area contributed by atoms with E-state index in [4.69, 9.17) is 5.73 Å². The summed E-state index contributed by atoms with van der Waals surface area (Å²) in [7, 11) is 0. The summed E-state index contributed by atoms with van der Waals surface area (Å²) in [5, 5.41) is 2.76. The minimum absolute atomic E-state index is 0.0937. The van der Waals surface area contributed by atoms with Crippen LogP contribution in [0.25, 0.3) is 0 Å². The topological polar surface area (TPSA) is 80.9 Å². The maximum atomic E-state index is 10.4. The van der Waals surface area contributed by atoms with Gasteiger partial charge in [0.25, 0.3) is 0 Å². The third kappa shape index (κ3) is 2.53. The molecule has 0 aliphatic rings. The van der Waals surface area contributed by atoms with Gasteiger partial charge < -0.3 is 11.1 Å². The van der Waals surface area contributed by atoms with Crippen LogP contribution in [0.2, 0.25) is 0 Å². The number of primary amides is 1. The third-order valence-corrected chi connectivity index (χ3v) is 1.25. The Bertz CT molecular complexity index is 286. The van der Waals surface area contributed by atoms with Crippen molar-refractivity contribution >= 4 is 11.7 Å². The van der Waals surface area contributed by atoms with Crippen LogP contribution in [0.15, 0.2) is 12.4 Å². The average Bonchev–Trinajstić information content (AvgIpc) is 2.01. The zero-order chi connectivity index (χ0) is 8.97. The largest absolute Gasteiger partial charge is 0.368 e. The van der Waals surface area contributed by atoms with Crippen molar-refractivity contribution in [2.75, 3.05) is 11.9 Å². The summed E-state index contributed by atoms with van der Waals surface area (Å²) in [5.41, 5.74) is 5.78. The van der Waals surface area contributed by atoms with Crippen LogP contribution < -0.4 is 11.1 Å². The van der Waals surface area contributed by atoms with Gasteiger partial charge in [0.2, 0.25) is 5.91 Å². The van der Waals surface area contributed by atoms with Crippen molar-refractivity contribution in [3.05, 3.63) is 18.1 Å². The van der Waals surface area contributed by atoms with Crippen molar-refractivity contribution in [3.8, 4) is 0 Å². The molecule has 0 spiro atoms. The van der Waals surface area contributed by atoms with E-state index in [1.165, 1.54) is 6.33 Å². The maximum Gasteiger partial charge on any atom is 0.236 e. The molecule has 1 aromatic rings. The number of carbonyl (C=O) groups excluding carboxylic acids is 1. The molecule has 5 heteroatoms. The number of amides is 1. The molecule has 1 amide bonds. The minimum atomic E-state index is -0.411. The Morgan fingerprint density at radius 1 is 1.67 bits per heavy atom. The van der Waals surface area contributed by atoms with Gasteiger partial charge in [-0.2, -0.15) is 0 Å². The quantitative estimate of drug-likeness (QED) is 0.645. The third-order valence-electron chi connectivity index (χ3n) is 1.25. The molecule has 0 radical (unpaired) electrons. The zero-order valence-electron chi connectivity index (χ0n) is 6.74. The molecule has 0 fully saturated rings. The molecule has 1 rings (SSSR count). The second-order valence-electron chi connectivity index (χ2n) is 2.36. The molecule has 0 saturated carbocycles. The van der Waals surface area contributed by atoms with E-state index >= 15 is 0 Å². The predicted molar refractivity (Wildman–Crippen MR) is 44.5 cm³/mol. The van der Waals surface area contributed by atoms with Crippen LogP contribution in [0.3, 0.4) is 0 Å². The van der Waals surface area contributed by atoms with Gasteiger partial charge in [-0.05, 0) is 6.92 Å². The first kappa shape index (κ1) is 8.45. The van der Waals surface area contributed by atoms with Crippen molar-refractivity contribution in [2.45, 2.75) is 6.92 Å². The van der Waals surface area contributed by atoms with Gasteiger partial charge >= 0.3 is 0 Å². The fourth-order valence-electron chi connectivity index (χ4n) is 0.729. The van der Waals surface area contributed by atoms with Crippen LogP contribution in [0.1, 0.15) is 5.69 Å². The highest BCUT2D eigenvalue weighted by Crippen LogP contribution is 2.00. The second kappa shape index (κ2) is 3.66. The Kier molecular flexibility index (Phi) is 2.57. The number of carbonyl (C=O) groups is 1. The number of nitrogens with one attached hydrogen (secondary N) is 1. The Morgan fingerprint density at radius 2 is 2.42 bits per heavy atom. The van der Waals surface area contributed by atoms with E-state index in [0.717, 1.165) is 5.69 Å². The van der Waals surface area contributed by atoms with Crippen LogP contribution in [0, 0.1) is 6.92 Å². The first-order valence-corrected chi connectivity index (χ1v) is 3.49. The van der Waals surface area contributed by atoms with Crippen molar-refractivity contribution in [1.29, 1.82) is 0 Å². The van der Waals surface area contributed by atoms with Crippen molar-refractivity contribution < 1.29 is 4.79 Å². The molecule has 12 heavy (non-hydrogen) atoms. The van der Waals surface area contributed by atoms with Crippen LogP contribution >= 0.6 is 0 Å². The van der Waals surface area contributed by atoms with E-state index in [0.29, 0.717) is 5.82 Å². The van der Waals surface area contributed by atoms with E-state index in [2.05, 4.69) is 15.3 Å². The first-order chi connectivity index (χ1) is 5.68. The Morgan fingerprint density at radius 3 is 3.00 bits per heavy atom. The molecular formula is C7H10N4O. The standard InChI is InChI=1S/C7H10N4O/c1-5-2-7(11-4-10-5)9-3-6(8)12/h2,4H,3H2,1H3,(H2,8,12)(H,9,10,11). The van der Waals surface area contributed by atoms with Gasteiger partial charge in [-0.25, -0.2) is 9.97 Å². The Balaban J connectivity index is 2.57. The van der Waals surface area contributed by atoms with Gasteiger partial charge in [0, 0.05) is 11.8 Å². The minimum Gasteiger partial charge on any atom is -0.368 e. The average molecular weight is 166 g/mol. The molecule has 0 aromatic carbocycles. The number of anilines is 1. The van der Waals surface area contributed by atoms with Crippen LogP contribution in [-0.2, 0) is 4.79 Å². The lowest BCUT2D eigenvalue weighted by atomic mass is 10.4. The van der Waals surface area contributed by atoms with E-state index < -0.39 is 5.91 Å². The van der Waals surface area contributed by atoms with Crippen molar-refractivity contribution in [3.63, 3.8) is 0 Å². The molecule has 3 N–H and O–H groups in total. The summed E-state index contributed by atoms with van der Waals surface area (Å²) in [5.74, 6) is 0.201. The lowest BCUT2D eigenvalue weighted by Gasteiger charge is -2.01. The Hall–Kier alpha value is -1.65. The molecular weight excluding hydrogens is 156 g/mol. The molecule has 0 saturated heterocycles. The number of rotatable bonds is 3. The highest BCUT2D eigenvalue weighted by Gasteiger charge is 1.96. The lowest BCUT2D eigenvalue weighted by Crippen LogP contribution is -2.22. The van der Waals surface area contributed by atoms with Gasteiger partial charge in [0.1, 0.15) is 12.1 Å². The normalized spacial score (nSPS) is 9.42. The molecule has 0 unspecified atom stereocenters. The summed E-state index contributed by atoms with van der Waals surface area (Å²) in [4.78, 5) is 18.2. The van der Waals surface area contributed by atoms with Gasteiger partial charge in [0.15, 0.2) is 0 Å². The molecule has 0 aliphatic carbocycles. The number of nitrogens with two attached hydrogens (primary N) is 1. The summed E-state index contributed by atoms with van der Waals surface area (Å²) in [6.45, 7) is 1.94. The van der Waals surface area contributed by atoms with E-state index in [1.54, 1.807) is 6.07 Å². The van der Waals surface area contributed by atoms with Crippen LogP contribution in [-0.4, -0.2) is 22.4 Å². The molecule has 0 aliphatic heterocycles. The molecule has 0 bridgehead atoms.